The molecule has 7 heteroatoms. The molecular weight excluding hydrogens is 358 g/mol. The SMILES string of the molecule is CC(=O)Nc1ccc(NC(=O)C(=O)NCC(C)(O)CCc2ccccc2)cc1. The first-order valence-corrected chi connectivity index (χ1v) is 8.98. The predicted molar refractivity (Wildman–Crippen MR) is 108 cm³/mol. The van der Waals surface area contributed by atoms with Crippen molar-refractivity contribution in [3.05, 3.63) is 60.2 Å². The van der Waals surface area contributed by atoms with Gasteiger partial charge >= 0.3 is 11.8 Å². The fraction of sp³-hybridized carbons (Fsp3) is 0.286. The maximum atomic E-state index is 12.0. The lowest BCUT2D eigenvalue weighted by molar-refractivity contribution is -0.136. The largest absolute Gasteiger partial charge is 0.388 e. The van der Waals surface area contributed by atoms with Crippen LogP contribution in [0.2, 0.25) is 0 Å². The number of benzene rings is 2. The first kappa shape index (κ1) is 21.1. The van der Waals surface area contributed by atoms with Gasteiger partial charge in [0.1, 0.15) is 0 Å². The number of amides is 3. The molecule has 148 valence electrons. The van der Waals surface area contributed by atoms with E-state index in [9.17, 15) is 19.5 Å². The third-order valence-corrected chi connectivity index (χ3v) is 4.09. The van der Waals surface area contributed by atoms with Gasteiger partial charge in [0, 0.05) is 24.8 Å². The van der Waals surface area contributed by atoms with Crippen molar-refractivity contribution >= 4 is 29.1 Å². The minimum atomic E-state index is -1.13. The number of hydrogen-bond donors (Lipinski definition) is 4. The normalized spacial score (nSPS) is 12.5. The zero-order chi connectivity index (χ0) is 20.6. The maximum absolute atomic E-state index is 12.0. The molecule has 0 aromatic heterocycles. The van der Waals surface area contributed by atoms with Crippen molar-refractivity contribution < 1.29 is 19.5 Å². The molecule has 3 amide bonds. The molecule has 0 aliphatic heterocycles. The van der Waals surface area contributed by atoms with Crippen molar-refractivity contribution in [2.75, 3.05) is 17.2 Å². The van der Waals surface area contributed by atoms with E-state index in [1.54, 1.807) is 31.2 Å². The molecule has 0 aliphatic carbocycles. The third-order valence-electron chi connectivity index (χ3n) is 4.09. The first-order chi connectivity index (χ1) is 13.2. The third kappa shape index (κ3) is 7.20. The standard InChI is InChI=1S/C21H25N3O4/c1-15(25)23-17-8-10-18(11-9-17)24-20(27)19(26)22-14-21(2,28)13-12-16-6-4-3-5-7-16/h3-11,28H,12-14H2,1-2H3,(H,22,26)(H,23,25)(H,24,27). The lowest BCUT2D eigenvalue weighted by Crippen LogP contribution is -2.44. The average molecular weight is 383 g/mol. The van der Waals surface area contributed by atoms with Crippen LogP contribution >= 0.6 is 0 Å². The second-order valence-corrected chi connectivity index (χ2v) is 6.88. The van der Waals surface area contributed by atoms with Crippen LogP contribution in [0.25, 0.3) is 0 Å². The average Bonchev–Trinajstić information content (AvgIpc) is 2.66. The summed E-state index contributed by atoms with van der Waals surface area (Å²) in [5.74, 6) is -1.85. The topological polar surface area (TPSA) is 108 Å². The summed E-state index contributed by atoms with van der Waals surface area (Å²) < 4.78 is 0. The number of aliphatic hydroxyl groups is 1. The molecule has 0 aliphatic rings. The zero-order valence-corrected chi connectivity index (χ0v) is 16.0. The van der Waals surface area contributed by atoms with Crippen LogP contribution in [-0.2, 0) is 20.8 Å². The van der Waals surface area contributed by atoms with Crippen LogP contribution in [0.1, 0.15) is 25.8 Å². The van der Waals surface area contributed by atoms with Gasteiger partial charge in [0.25, 0.3) is 0 Å². The molecule has 4 N–H and O–H groups in total. The molecule has 28 heavy (non-hydrogen) atoms. The Morgan fingerprint density at radius 3 is 2.04 bits per heavy atom. The van der Waals surface area contributed by atoms with Crippen LogP contribution < -0.4 is 16.0 Å². The van der Waals surface area contributed by atoms with Crippen molar-refractivity contribution in [2.45, 2.75) is 32.3 Å². The maximum Gasteiger partial charge on any atom is 0.313 e. The van der Waals surface area contributed by atoms with Crippen LogP contribution in [0.3, 0.4) is 0 Å². The fourth-order valence-electron chi connectivity index (χ4n) is 2.53. The first-order valence-electron chi connectivity index (χ1n) is 8.98. The Kier molecular flexibility index (Phi) is 7.28. The van der Waals surface area contributed by atoms with Crippen LogP contribution in [0.4, 0.5) is 11.4 Å². The quantitative estimate of drug-likeness (QED) is 0.549. The smallest absolute Gasteiger partial charge is 0.313 e. The van der Waals surface area contributed by atoms with Crippen molar-refractivity contribution in [1.29, 1.82) is 0 Å². The highest BCUT2D eigenvalue weighted by molar-refractivity contribution is 6.39. The van der Waals surface area contributed by atoms with E-state index in [2.05, 4.69) is 16.0 Å². The van der Waals surface area contributed by atoms with Crippen molar-refractivity contribution in [3.63, 3.8) is 0 Å². The number of aryl methyl sites for hydroxylation is 1. The minimum absolute atomic E-state index is 0.0342. The lowest BCUT2D eigenvalue weighted by atomic mass is 9.97. The monoisotopic (exact) mass is 383 g/mol. The van der Waals surface area contributed by atoms with E-state index in [1.807, 2.05) is 30.3 Å². The zero-order valence-electron chi connectivity index (χ0n) is 16.0. The molecule has 2 rings (SSSR count). The molecule has 2 aromatic carbocycles. The van der Waals surface area contributed by atoms with E-state index in [0.717, 1.165) is 5.56 Å². The Balaban J connectivity index is 1.79. The molecule has 0 saturated heterocycles. The summed E-state index contributed by atoms with van der Waals surface area (Å²) in [6.07, 6.45) is 1.11. The van der Waals surface area contributed by atoms with Crippen LogP contribution in [0, 0.1) is 0 Å². The molecule has 1 atom stereocenters. The van der Waals surface area contributed by atoms with E-state index in [1.165, 1.54) is 6.92 Å². The van der Waals surface area contributed by atoms with Gasteiger partial charge in [-0.15, -0.1) is 0 Å². The summed E-state index contributed by atoms with van der Waals surface area (Å²) in [5.41, 5.74) is 0.968. The Hall–Kier alpha value is -3.19. The van der Waals surface area contributed by atoms with E-state index >= 15 is 0 Å². The second kappa shape index (κ2) is 9.66. The van der Waals surface area contributed by atoms with Gasteiger partial charge in [-0.1, -0.05) is 30.3 Å². The summed E-state index contributed by atoms with van der Waals surface area (Å²) in [5, 5.41) is 18.0. The van der Waals surface area contributed by atoms with Gasteiger partial charge in [0.2, 0.25) is 5.91 Å². The predicted octanol–water partition coefficient (Wildman–Crippen LogP) is 2.08. The minimum Gasteiger partial charge on any atom is -0.388 e. The van der Waals surface area contributed by atoms with Crippen LogP contribution in [0.15, 0.2) is 54.6 Å². The Morgan fingerprint density at radius 2 is 1.46 bits per heavy atom. The summed E-state index contributed by atoms with van der Waals surface area (Å²) >= 11 is 0. The number of carbonyl (C=O) groups excluding carboxylic acids is 3. The van der Waals surface area contributed by atoms with Crippen LogP contribution in [0.5, 0.6) is 0 Å². The highest BCUT2D eigenvalue weighted by atomic mass is 16.3. The molecule has 0 spiro atoms. The number of carbonyl (C=O) groups is 3. The van der Waals surface area contributed by atoms with E-state index in [4.69, 9.17) is 0 Å². The van der Waals surface area contributed by atoms with Gasteiger partial charge in [-0.05, 0) is 49.6 Å². The van der Waals surface area contributed by atoms with E-state index in [-0.39, 0.29) is 12.5 Å². The van der Waals surface area contributed by atoms with E-state index in [0.29, 0.717) is 24.2 Å². The lowest BCUT2D eigenvalue weighted by Gasteiger charge is -2.23. The summed E-state index contributed by atoms with van der Waals surface area (Å²) in [7, 11) is 0. The number of rotatable bonds is 7. The van der Waals surface area contributed by atoms with E-state index < -0.39 is 17.4 Å². The van der Waals surface area contributed by atoms with Crippen molar-refractivity contribution in [1.82, 2.24) is 5.32 Å². The highest BCUT2D eigenvalue weighted by Crippen LogP contribution is 2.14. The highest BCUT2D eigenvalue weighted by Gasteiger charge is 2.23. The number of nitrogens with one attached hydrogen (secondary N) is 3. The fourth-order valence-corrected chi connectivity index (χ4v) is 2.53. The Bertz CT molecular complexity index is 817. The molecule has 0 saturated carbocycles. The molecule has 0 fully saturated rings. The van der Waals surface area contributed by atoms with Crippen molar-refractivity contribution in [2.24, 2.45) is 0 Å². The van der Waals surface area contributed by atoms with Gasteiger partial charge in [0.05, 0.1) is 5.60 Å². The Morgan fingerprint density at radius 1 is 0.893 bits per heavy atom. The van der Waals surface area contributed by atoms with Gasteiger partial charge < -0.3 is 21.1 Å². The van der Waals surface area contributed by atoms with Crippen molar-refractivity contribution in [3.8, 4) is 0 Å². The molecule has 0 radical (unpaired) electrons. The molecule has 0 heterocycles. The summed E-state index contributed by atoms with van der Waals surface area (Å²) in [4.78, 5) is 35.0. The van der Waals surface area contributed by atoms with Gasteiger partial charge in [0.15, 0.2) is 0 Å². The van der Waals surface area contributed by atoms with Crippen LogP contribution in [-0.4, -0.2) is 35.0 Å². The summed E-state index contributed by atoms with van der Waals surface area (Å²) in [6.45, 7) is 2.98. The number of hydrogen-bond acceptors (Lipinski definition) is 4. The molecular formula is C21H25N3O4. The molecule has 2 aromatic rings. The summed E-state index contributed by atoms with van der Waals surface area (Å²) in [6, 6.07) is 16.1. The molecule has 1 unspecified atom stereocenters. The van der Waals surface area contributed by atoms with Gasteiger partial charge in [-0.25, -0.2) is 0 Å². The molecule has 7 nitrogen and oxygen atoms in total. The molecule has 0 bridgehead atoms. The van der Waals surface area contributed by atoms with Gasteiger partial charge in [-0.3, -0.25) is 14.4 Å². The second-order valence-electron chi connectivity index (χ2n) is 6.88. The van der Waals surface area contributed by atoms with Gasteiger partial charge in [-0.2, -0.15) is 0 Å². The Labute approximate surface area is 164 Å². The number of anilines is 2.